The van der Waals surface area contributed by atoms with Gasteiger partial charge in [-0.05, 0) is 24.1 Å². The summed E-state index contributed by atoms with van der Waals surface area (Å²) in [5.74, 6) is -1.18. The minimum absolute atomic E-state index is 0.0610. The highest BCUT2D eigenvalue weighted by Gasteiger charge is 2.34. The van der Waals surface area contributed by atoms with Gasteiger partial charge in [-0.2, -0.15) is 13.2 Å². The maximum absolute atomic E-state index is 14.3. The van der Waals surface area contributed by atoms with E-state index in [1.165, 1.54) is 11.9 Å². The Labute approximate surface area is 232 Å². The van der Waals surface area contributed by atoms with E-state index in [-0.39, 0.29) is 38.1 Å². The molecule has 3 atom stereocenters. The number of para-hydroxylation sites is 1. The lowest BCUT2D eigenvalue weighted by atomic mass is 9.96. The number of nitrogens with zero attached hydrogens (tertiary/aromatic N) is 3. The summed E-state index contributed by atoms with van der Waals surface area (Å²) in [4.78, 5) is 29.7. The topological polar surface area (TPSA) is 75.0 Å². The van der Waals surface area contributed by atoms with Crippen LogP contribution in [0.4, 0.5) is 13.2 Å². The number of amides is 2. The van der Waals surface area contributed by atoms with Crippen molar-refractivity contribution in [3.63, 3.8) is 0 Å². The fourth-order valence-electron chi connectivity index (χ4n) is 5.34. The summed E-state index contributed by atoms with van der Waals surface area (Å²) in [6.07, 6.45) is -6.82. The number of ether oxygens (including phenoxy) is 1. The van der Waals surface area contributed by atoms with Crippen LogP contribution in [-0.4, -0.2) is 76.4 Å². The number of benzene rings is 2. The molecule has 1 N–H and O–H groups in total. The maximum atomic E-state index is 14.3. The summed E-state index contributed by atoms with van der Waals surface area (Å²) in [6.45, 7) is 3.86. The molecule has 3 aromatic rings. The highest BCUT2D eigenvalue weighted by Crippen LogP contribution is 2.38. The van der Waals surface area contributed by atoms with Crippen molar-refractivity contribution in [3.05, 3.63) is 59.8 Å². The zero-order chi connectivity index (χ0) is 29.2. The van der Waals surface area contributed by atoms with Crippen molar-refractivity contribution in [1.82, 2.24) is 14.4 Å². The molecule has 2 amide bonds. The summed E-state index contributed by atoms with van der Waals surface area (Å²) < 4.78 is 46.4. The first-order valence-electron chi connectivity index (χ1n) is 13.4. The van der Waals surface area contributed by atoms with Gasteiger partial charge >= 0.3 is 6.18 Å². The van der Waals surface area contributed by atoms with Crippen LogP contribution >= 0.6 is 0 Å². The number of halogens is 3. The van der Waals surface area contributed by atoms with Gasteiger partial charge < -0.3 is 24.2 Å². The minimum atomic E-state index is -4.42. The first-order chi connectivity index (χ1) is 18.9. The zero-order valence-electron chi connectivity index (χ0n) is 23.2. The average molecular weight is 560 g/mol. The van der Waals surface area contributed by atoms with Crippen molar-refractivity contribution in [3.8, 4) is 11.1 Å². The van der Waals surface area contributed by atoms with Gasteiger partial charge in [-0.3, -0.25) is 9.59 Å². The number of carbonyl (C=O) groups excluding carboxylic acids is 2. The Balaban J connectivity index is 1.78. The molecular weight excluding hydrogens is 523 g/mol. The number of aliphatic hydroxyl groups excluding tert-OH is 1. The van der Waals surface area contributed by atoms with E-state index in [9.17, 15) is 27.9 Å². The number of carbonyl (C=O) groups is 2. The van der Waals surface area contributed by atoms with Gasteiger partial charge in [0.25, 0.3) is 5.91 Å². The Morgan fingerprint density at radius 3 is 2.55 bits per heavy atom. The van der Waals surface area contributed by atoms with Crippen LogP contribution in [0, 0.1) is 5.92 Å². The van der Waals surface area contributed by atoms with Crippen molar-refractivity contribution >= 4 is 22.7 Å². The molecule has 0 spiro atoms. The molecule has 4 rings (SSSR count). The number of aryl methyl sites for hydroxylation is 1. The normalized spacial score (nSPS) is 19.1. The Bertz CT molecular complexity index is 1370. The van der Waals surface area contributed by atoms with E-state index in [1.807, 2.05) is 67.1 Å². The molecule has 2 aromatic carbocycles. The molecule has 1 aromatic heterocycles. The zero-order valence-corrected chi connectivity index (χ0v) is 23.2. The van der Waals surface area contributed by atoms with Crippen molar-refractivity contribution < 1.29 is 32.6 Å². The molecule has 0 unspecified atom stereocenters. The summed E-state index contributed by atoms with van der Waals surface area (Å²) in [5, 5.41) is 11.0. The second-order valence-corrected chi connectivity index (χ2v) is 10.7. The summed E-state index contributed by atoms with van der Waals surface area (Å²) >= 11 is 0. The van der Waals surface area contributed by atoms with E-state index in [1.54, 1.807) is 11.8 Å². The molecule has 1 aliphatic rings. The predicted molar refractivity (Wildman–Crippen MR) is 147 cm³/mol. The lowest BCUT2D eigenvalue weighted by molar-refractivity contribution is -0.149. The van der Waals surface area contributed by atoms with Crippen molar-refractivity contribution in [2.24, 2.45) is 13.0 Å². The monoisotopic (exact) mass is 559 g/mol. The molecule has 0 aliphatic carbocycles. The maximum Gasteiger partial charge on any atom is 0.389 e. The number of alkyl halides is 3. The second-order valence-electron chi connectivity index (χ2n) is 10.7. The Kier molecular flexibility index (Phi) is 8.90. The average Bonchev–Trinajstić information content (AvgIpc) is 3.22. The van der Waals surface area contributed by atoms with Gasteiger partial charge in [0.15, 0.2) is 0 Å². The fraction of sp³-hybridized carbons (Fsp3) is 0.467. The standard InChI is InChI=1S/C30H36F3N3O4/c1-19-15-36(20(2)17-37)29(39)28-27(23-11-7-8-12-24(23)35(28)4)22-10-6-5-9-21(22)18-40-25(19)16-34(3)26(38)13-14-30(31,32)33/h5-12,19-20,25,37H,13-18H2,1-4H3/t19-,20-,25+/m1/s1. The number of hydrogen-bond donors (Lipinski definition) is 1. The van der Waals surface area contributed by atoms with Gasteiger partial charge in [-0.15, -0.1) is 0 Å². The number of likely N-dealkylation sites (N-methyl/N-ethyl adjacent to an activating group) is 1. The molecule has 10 heteroatoms. The fourth-order valence-corrected chi connectivity index (χ4v) is 5.34. The molecule has 2 heterocycles. The number of aromatic nitrogens is 1. The van der Waals surface area contributed by atoms with Crippen LogP contribution < -0.4 is 0 Å². The van der Waals surface area contributed by atoms with Crippen LogP contribution in [0.1, 0.15) is 42.7 Å². The molecule has 0 saturated carbocycles. The van der Waals surface area contributed by atoms with Crippen molar-refractivity contribution in [1.29, 1.82) is 0 Å². The van der Waals surface area contributed by atoms with Crippen LogP contribution in [0.3, 0.4) is 0 Å². The third-order valence-electron chi connectivity index (χ3n) is 7.73. The molecule has 7 nitrogen and oxygen atoms in total. The number of fused-ring (bicyclic) bond motifs is 5. The van der Waals surface area contributed by atoms with E-state index in [0.29, 0.717) is 5.69 Å². The molecular formula is C30H36F3N3O4. The molecule has 1 aliphatic heterocycles. The van der Waals surface area contributed by atoms with Crippen molar-refractivity contribution in [2.75, 3.05) is 26.7 Å². The summed E-state index contributed by atoms with van der Waals surface area (Å²) in [6, 6.07) is 14.9. The quantitative estimate of drug-likeness (QED) is 0.461. The van der Waals surface area contributed by atoms with Gasteiger partial charge in [0, 0.05) is 56.0 Å². The molecule has 0 saturated heterocycles. The lowest BCUT2D eigenvalue weighted by Crippen LogP contribution is -2.48. The molecule has 0 radical (unpaired) electrons. The van der Waals surface area contributed by atoms with Crippen LogP contribution in [0.2, 0.25) is 0 Å². The smallest absolute Gasteiger partial charge is 0.389 e. The van der Waals surface area contributed by atoms with Gasteiger partial charge in [0.2, 0.25) is 5.91 Å². The van der Waals surface area contributed by atoms with Crippen molar-refractivity contribution in [2.45, 2.75) is 51.6 Å². The lowest BCUT2D eigenvalue weighted by Gasteiger charge is -2.35. The number of aliphatic hydroxyl groups is 1. The first-order valence-corrected chi connectivity index (χ1v) is 13.4. The first kappa shape index (κ1) is 29.6. The van der Waals surface area contributed by atoms with Gasteiger partial charge in [-0.1, -0.05) is 49.4 Å². The van der Waals surface area contributed by atoms with Crippen LogP contribution in [0.5, 0.6) is 0 Å². The van der Waals surface area contributed by atoms with Crippen LogP contribution in [0.25, 0.3) is 22.0 Å². The SMILES string of the molecule is C[C@@H]1CN([C@H](C)CO)C(=O)c2c(c3ccccc3n2C)-c2ccccc2CO[C@H]1CN(C)C(=O)CCC(F)(F)F. The van der Waals surface area contributed by atoms with Crippen LogP contribution in [0.15, 0.2) is 48.5 Å². The minimum Gasteiger partial charge on any atom is -0.394 e. The van der Waals surface area contributed by atoms with Gasteiger partial charge in [0.05, 0.1) is 31.8 Å². The third kappa shape index (κ3) is 6.18. The van der Waals surface area contributed by atoms with E-state index < -0.39 is 37.1 Å². The highest BCUT2D eigenvalue weighted by molar-refractivity contribution is 6.10. The predicted octanol–water partition coefficient (Wildman–Crippen LogP) is 5.00. The van der Waals surface area contributed by atoms with E-state index >= 15 is 0 Å². The van der Waals surface area contributed by atoms with Crippen LogP contribution in [-0.2, 0) is 23.2 Å². The second kappa shape index (κ2) is 12.0. The summed E-state index contributed by atoms with van der Waals surface area (Å²) in [7, 11) is 3.32. The van der Waals surface area contributed by atoms with Gasteiger partial charge in [-0.25, -0.2) is 0 Å². The largest absolute Gasteiger partial charge is 0.394 e. The highest BCUT2D eigenvalue weighted by atomic mass is 19.4. The molecule has 0 fully saturated rings. The Hall–Kier alpha value is -3.37. The Morgan fingerprint density at radius 1 is 1.18 bits per heavy atom. The number of hydrogen-bond acceptors (Lipinski definition) is 4. The molecule has 0 bridgehead atoms. The summed E-state index contributed by atoms with van der Waals surface area (Å²) in [5.41, 5.74) is 3.86. The van der Waals surface area contributed by atoms with E-state index in [0.717, 1.165) is 27.6 Å². The van der Waals surface area contributed by atoms with Gasteiger partial charge in [0.1, 0.15) is 5.69 Å². The molecule has 216 valence electrons. The molecule has 40 heavy (non-hydrogen) atoms. The van der Waals surface area contributed by atoms with E-state index in [2.05, 4.69) is 0 Å². The van der Waals surface area contributed by atoms with E-state index in [4.69, 9.17) is 4.74 Å². The Morgan fingerprint density at radius 2 is 1.85 bits per heavy atom. The number of rotatable bonds is 6. The third-order valence-corrected chi connectivity index (χ3v) is 7.73.